The average molecular weight is 258 g/mol. The molecule has 0 radical (unpaired) electrons. The lowest BCUT2D eigenvalue weighted by Gasteiger charge is -2.11. The van der Waals surface area contributed by atoms with Crippen LogP contribution in [0.3, 0.4) is 0 Å². The van der Waals surface area contributed by atoms with Gasteiger partial charge in [0.25, 0.3) is 0 Å². The average Bonchev–Trinajstić information content (AvgIpc) is 2.42. The van der Waals surface area contributed by atoms with Gasteiger partial charge in [0, 0.05) is 25.5 Å². The van der Waals surface area contributed by atoms with Gasteiger partial charge < -0.3 is 15.5 Å². The number of rotatable bonds is 6. The van der Waals surface area contributed by atoms with E-state index in [-0.39, 0.29) is 0 Å². The van der Waals surface area contributed by atoms with Crippen molar-refractivity contribution in [2.45, 2.75) is 0 Å². The normalized spacial score (nSPS) is 10.5. The largest absolute Gasteiger partial charge is 0.369 e. The molecule has 6 nitrogen and oxygen atoms in total. The summed E-state index contributed by atoms with van der Waals surface area (Å²) in [5.41, 5.74) is 0.865. The van der Waals surface area contributed by atoms with Crippen LogP contribution in [0, 0.1) is 0 Å². The van der Waals surface area contributed by atoms with Gasteiger partial charge in [-0.1, -0.05) is 0 Å². The van der Waals surface area contributed by atoms with Crippen LogP contribution in [-0.4, -0.2) is 47.0 Å². The van der Waals surface area contributed by atoms with E-state index in [1.807, 2.05) is 26.2 Å². The molecule has 100 valence electrons. The summed E-state index contributed by atoms with van der Waals surface area (Å²) < 4.78 is 0. The third-order valence-corrected chi connectivity index (χ3v) is 2.45. The van der Waals surface area contributed by atoms with Crippen LogP contribution in [0.2, 0.25) is 0 Å². The highest BCUT2D eigenvalue weighted by molar-refractivity contribution is 5.54. The standard InChI is InChI=1S/C13H18N6/c1-19(2)9-8-14-12-5-4-11(10-17-12)18-13-15-6-3-7-16-13/h3-7,10H,8-9H2,1-2H3,(H,14,17)(H,15,16,18). The number of pyridine rings is 1. The summed E-state index contributed by atoms with van der Waals surface area (Å²) in [6.45, 7) is 1.84. The molecule has 0 aliphatic carbocycles. The first kappa shape index (κ1) is 13.2. The Kier molecular flexibility index (Phi) is 4.63. The molecule has 0 saturated carbocycles. The van der Waals surface area contributed by atoms with Crippen molar-refractivity contribution in [1.29, 1.82) is 0 Å². The quantitative estimate of drug-likeness (QED) is 0.820. The fourth-order valence-electron chi connectivity index (χ4n) is 1.47. The van der Waals surface area contributed by atoms with E-state index in [4.69, 9.17) is 0 Å². The van der Waals surface area contributed by atoms with Crippen molar-refractivity contribution in [3.05, 3.63) is 36.8 Å². The molecule has 0 spiro atoms. The lowest BCUT2D eigenvalue weighted by Crippen LogP contribution is -2.21. The minimum Gasteiger partial charge on any atom is -0.369 e. The first-order chi connectivity index (χ1) is 9.24. The van der Waals surface area contributed by atoms with Crippen LogP contribution in [0.15, 0.2) is 36.8 Å². The van der Waals surface area contributed by atoms with Gasteiger partial charge in [-0.05, 0) is 32.3 Å². The zero-order chi connectivity index (χ0) is 13.5. The van der Waals surface area contributed by atoms with Gasteiger partial charge in [0.15, 0.2) is 0 Å². The maximum Gasteiger partial charge on any atom is 0.227 e. The van der Waals surface area contributed by atoms with Crippen molar-refractivity contribution in [3.63, 3.8) is 0 Å². The molecule has 0 unspecified atom stereocenters. The maximum atomic E-state index is 4.32. The second kappa shape index (κ2) is 6.65. The summed E-state index contributed by atoms with van der Waals surface area (Å²) >= 11 is 0. The first-order valence-corrected chi connectivity index (χ1v) is 6.13. The van der Waals surface area contributed by atoms with E-state index >= 15 is 0 Å². The van der Waals surface area contributed by atoms with Gasteiger partial charge in [-0.3, -0.25) is 0 Å². The summed E-state index contributed by atoms with van der Waals surface area (Å²) in [4.78, 5) is 14.6. The lowest BCUT2D eigenvalue weighted by molar-refractivity contribution is 0.425. The Bertz CT molecular complexity index is 482. The van der Waals surface area contributed by atoms with Crippen molar-refractivity contribution >= 4 is 17.5 Å². The highest BCUT2D eigenvalue weighted by Crippen LogP contribution is 2.12. The van der Waals surface area contributed by atoms with Gasteiger partial charge in [0.2, 0.25) is 5.95 Å². The highest BCUT2D eigenvalue weighted by atomic mass is 15.1. The fourth-order valence-corrected chi connectivity index (χ4v) is 1.47. The van der Waals surface area contributed by atoms with Gasteiger partial charge in [-0.2, -0.15) is 0 Å². The van der Waals surface area contributed by atoms with E-state index in [2.05, 4.69) is 30.5 Å². The Morgan fingerprint density at radius 1 is 1.11 bits per heavy atom. The summed E-state index contributed by atoms with van der Waals surface area (Å²) in [7, 11) is 4.09. The number of anilines is 3. The molecule has 0 amide bonds. The molecule has 0 aliphatic rings. The Labute approximate surface area is 112 Å². The zero-order valence-electron chi connectivity index (χ0n) is 11.2. The number of nitrogens with one attached hydrogen (secondary N) is 2. The van der Waals surface area contributed by atoms with E-state index in [0.717, 1.165) is 24.6 Å². The number of hydrogen-bond donors (Lipinski definition) is 2. The van der Waals surface area contributed by atoms with Crippen LogP contribution in [0.1, 0.15) is 0 Å². The number of nitrogens with zero attached hydrogens (tertiary/aromatic N) is 4. The second-order valence-corrected chi connectivity index (χ2v) is 4.36. The van der Waals surface area contributed by atoms with E-state index in [9.17, 15) is 0 Å². The Balaban J connectivity index is 1.88. The van der Waals surface area contributed by atoms with Crippen LogP contribution in [-0.2, 0) is 0 Å². The molecule has 6 heteroatoms. The van der Waals surface area contributed by atoms with Gasteiger partial charge in [0.1, 0.15) is 5.82 Å². The molecule has 2 rings (SSSR count). The molecule has 2 aromatic heterocycles. The smallest absolute Gasteiger partial charge is 0.227 e. The Morgan fingerprint density at radius 2 is 1.89 bits per heavy atom. The van der Waals surface area contributed by atoms with E-state index in [0.29, 0.717) is 5.95 Å². The molecule has 2 heterocycles. The molecule has 2 N–H and O–H groups in total. The predicted octanol–water partition coefficient (Wildman–Crippen LogP) is 1.59. The number of hydrogen-bond acceptors (Lipinski definition) is 6. The predicted molar refractivity (Wildman–Crippen MR) is 76.6 cm³/mol. The van der Waals surface area contributed by atoms with Crippen molar-refractivity contribution in [1.82, 2.24) is 19.9 Å². The third kappa shape index (κ3) is 4.51. The SMILES string of the molecule is CN(C)CCNc1ccc(Nc2ncccn2)cn1. The minimum atomic E-state index is 0.567. The van der Waals surface area contributed by atoms with Crippen molar-refractivity contribution < 1.29 is 0 Å². The minimum absolute atomic E-state index is 0.567. The van der Waals surface area contributed by atoms with Crippen LogP contribution < -0.4 is 10.6 Å². The molecule has 0 aliphatic heterocycles. The number of likely N-dealkylation sites (N-methyl/N-ethyl adjacent to an activating group) is 1. The topological polar surface area (TPSA) is 66.0 Å². The fraction of sp³-hybridized carbons (Fsp3) is 0.308. The summed E-state index contributed by atoms with van der Waals surface area (Å²) in [5, 5.41) is 6.34. The molecule has 0 bridgehead atoms. The van der Waals surface area contributed by atoms with Crippen LogP contribution in [0.5, 0.6) is 0 Å². The van der Waals surface area contributed by atoms with Crippen LogP contribution in [0.4, 0.5) is 17.5 Å². The van der Waals surface area contributed by atoms with Crippen molar-refractivity contribution in [2.24, 2.45) is 0 Å². The lowest BCUT2D eigenvalue weighted by atomic mass is 10.4. The molecule has 2 aromatic rings. The summed E-state index contributed by atoms with van der Waals surface area (Å²) in [6.07, 6.45) is 5.15. The molecular weight excluding hydrogens is 240 g/mol. The van der Waals surface area contributed by atoms with Crippen LogP contribution in [0.25, 0.3) is 0 Å². The molecule has 0 fully saturated rings. The third-order valence-electron chi connectivity index (χ3n) is 2.45. The summed E-state index contributed by atoms with van der Waals surface area (Å²) in [5.74, 6) is 1.43. The van der Waals surface area contributed by atoms with Crippen LogP contribution >= 0.6 is 0 Å². The van der Waals surface area contributed by atoms with E-state index < -0.39 is 0 Å². The highest BCUT2D eigenvalue weighted by Gasteiger charge is 1.98. The van der Waals surface area contributed by atoms with Gasteiger partial charge in [0.05, 0.1) is 11.9 Å². The van der Waals surface area contributed by atoms with Crippen molar-refractivity contribution in [3.8, 4) is 0 Å². The van der Waals surface area contributed by atoms with Gasteiger partial charge in [-0.15, -0.1) is 0 Å². The molecule has 0 saturated heterocycles. The molecule has 0 aromatic carbocycles. The number of aromatic nitrogens is 3. The Morgan fingerprint density at radius 3 is 2.53 bits per heavy atom. The zero-order valence-corrected chi connectivity index (χ0v) is 11.2. The summed E-state index contributed by atoms with van der Waals surface area (Å²) in [6, 6.07) is 5.66. The monoisotopic (exact) mass is 258 g/mol. The van der Waals surface area contributed by atoms with E-state index in [1.54, 1.807) is 24.7 Å². The second-order valence-electron chi connectivity index (χ2n) is 4.36. The van der Waals surface area contributed by atoms with Crippen molar-refractivity contribution in [2.75, 3.05) is 37.8 Å². The molecule has 19 heavy (non-hydrogen) atoms. The van der Waals surface area contributed by atoms with E-state index in [1.165, 1.54) is 0 Å². The molecule has 0 atom stereocenters. The van der Waals surface area contributed by atoms with Gasteiger partial charge in [-0.25, -0.2) is 15.0 Å². The van der Waals surface area contributed by atoms with Gasteiger partial charge >= 0.3 is 0 Å². The first-order valence-electron chi connectivity index (χ1n) is 6.13. The maximum absolute atomic E-state index is 4.32. The Hall–Kier alpha value is -2.21. The molecular formula is C13H18N6.